The zero-order chi connectivity index (χ0) is 18.1. The Hall–Kier alpha value is -2.24. The fraction of sp³-hybridized carbons (Fsp3) is 0.250. The van der Waals surface area contributed by atoms with Gasteiger partial charge >= 0.3 is 0 Å². The van der Waals surface area contributed by atoms with Gasteiger partial charge in [0.25, 0.3) is 5.91 Å². The van der Waals surface area contributed by atoms with E-state index < -0.39 is 0 Å². The Morgan fingerprint density at radius 1 is 1.27 bits per heavy atom. The van der Waals surface area contributed by atoms with Crippen molar-refractivity contribution in [3.8, 4) is 10.6 Å². The molecule has 1 aliphatic rings. The minimum Gasteiger partial charge on any atom is -0.331 e. The largest absolute Gasteiger partial charge is 0.331 e. The summed E-state index contributed by atoms with van der Waals surface area (Å²) in [6, 6.07) is 11.7. The van der Waals surface area contributed by atoms with Gasteiger partial charge in [-0.15, -0.1) is 11.3 Å². The number of benzene rings is 1. The number of amides is 1. The third kappa shape index (κ3) is 3.24. The topological polar surface area (TPSA) is 46.1 Å². The quantitative estimate of drug-likeness (QED) is 0.628. The summed E-state index contributed by atoms with van der Waals surface area (Å²) < 4.78 is 0. The van der Waals surface area contributed by atoms with Crippen molar-refractivity contribution in [1.29, 1.82) is 0 Å². The standard InChI is InChI=1S/C20H18ClN3OS/c1-13-18(26-19(23-13)15-4-2-5-16(21)12-15)20(25)24-11-3-6-17(24)14-7-9-22-10-8-14/h2,4-5,7-10,12,17H,3,6,11H2,1H3. The number of aromatic nitrogens is 2. The maximum absolute atomic E-state index is 13.2. The fourth-order valence-electron chi connectivity index (χ4n) is 3.41. The summed E-state index contributed by atoms with van der Waals surface area (Å²) in [6.07, 6.45) is 5.56. The molecule has 6 heteroatoms. The number of carbonyl (C=O) groups is 1. The number of rotatable bonds is 3. The van der Waals surface area contributed by atoms with Crippen LogP contribution in [0.4, 0.5) is 0 Å². The maximum atomic E-state index is 13.2. The molecule has 1 atom stereocenters. The highest BCUT2D eigenvalue weighted by molar-refractivity contribution is 7.17. The average molecular weight is 384 g/mol. The van der Waals surface area contributed by atoms with Crippen LogP contribution in [0.15, 0.2) is 48.8 Å². The number of pyridine rings is 1. The van der Waals surface area contributed by atoms with Crippen molar-refractivity contribution in [3.63, 3.8) is 0 Å². The lowest BCUT2D eigenvalue weighted by Crippen LogP contribution is -2.30. The van der Waals surface area contributed by atoms with E-state index >= 15 is 0 Å². The van der Waals surface area contributed by atoms with Gasteiger partial charge in [0.2, 0.25) is 0 Å². The van der Waals surface area contributed by atoms with Gasteiger partial charge in [0.05, 0.1) is 11.7 Å². The van der Waals surface area contributed by atoms with Crippen LogP contribution < -0.4 is 0 Å². The van der Waals surface area contributed by atoms with Gasteiger partial charge in [0, 0.05) is 29.5 Å². The van der Waals surface area contributed by atoms with E-state index in [1.165, 1.54) is 11.3 Å². The lowest BCUT2D eigenvalue weighted by molar-refractivity contribution is 0.0739. The number of nitrogens with zero attached hydrogens (tertiary/aromatic N) is 3. The molecule has 1 saturated heterocycles. The average Bonchev–Trinajstić information content (AvgIpc) is 3.29. The van der Waals surface area contributed by atoms with Crippen LogP contribution in [0.25, 0.3) is 10.6 Å². The van der Waals surface area contributed by atoms with Crippen LogP contribution in [-0.2, 0) is 0 Å². The minimum atomic E-state index is 0.0626. The lowest BCUT2D eigenvalue weighted by Gasteiger charge is -2.24. The molecule has 1 amide bonds. The molecular weight excluding hydrogens is 366 g/mol. The van der Waals surface area contributed by atoms with Crippen molar-refractivity contribution < 1.29 is 4.79 Å². The molecule has 0 N–H and O–H groups in total. The molecule has 1 aliphatic heterocycles. The summed E-state index contributed by atoms with van der Waals surface area (Å²) in [5.41, 5.74) is 2.86. The summed E-state index contributed by atoms with van der Waals surface area (Å²) in [4.78, 5) is 24.6. The number of likely N-dealkylation sites (tertiary alicyclic amines) is 1. The molecule has 1 aromatic carbocycles. The monoisotopic (exact) mass is 383 g/mol. The van der Waals surface area contributed by atoms with Crippen LogP contribution in [0, 0.1) is 6.92 Å². The van der Waals surface area contributed by atoms with E-state index in [9.17, 15) is 4.79 Å². The normalized spacial score (nSPS) is 16.8. The van der Waals surface area contributed by atoms with Crippen LogP contribution in [0.1, 0.15) is 39.8 Å². The third-order valence-corrected chi connectivity index (χ3v) is 6.10. The number of hydrogen-bond acceptors (Lipinski definition) is 4. The predicted octanol–water partition coefficient (Wildman–Crippen LogP) is 5.14. The summed E-state index contributed by atoms with van der Waals surface area (Å²) in [5, 5.41) is 1.49. The molecule has 132 valence electrons. The van der Waals surface area contributed by atoms with Crippen molar-refractivity contribution >= 4 is 28.8 Å². The first-order chi connectivity index (χ1) is 12.6. The van der Waals surface area contributed by atoms with Gasteiger partial charge in [-0.2, -0.15) is 0 Å². The lowest BCUT2D eigenvalue weighted by atomic mass is 10.1. The zero-order valence-electron chi connectivity index (χ0n) is 14.4. The molecule has 3 aromatic rings. The summed E-state index contributed by atoms with van der Waals surface area (Å²) in [7, 11) is 0. The number of aryl methyl sites for hydroxylation is 1. The van der Waals surface area contributed by atoms with Crippen LogP contribution in [-0.4, -0.2) is 27.3 Å². The number of hydrogen-bond donors (Lipinski definition) is 0. The SMILES string of the molecule is Cc1nc(-c2cccc(Cl)c2)sc1C(=O)N1CCCC1c1ccncc1. The molecule has 3 heterocycles. The molecule has 0 spiro atoms. The molecule has 0 radical (unpaired) electrons. The second-order valence-electron chi connectivity index (χ2n) is 6.38. The van der Waals surface area contributed by atoms with Crippen molar-refractivity contribution in [2.75, 3.05) is 6.54 Å². The molecule has 0 bridgehead atoms. The predicted molar refractivity (Wildman–Crippen MR) is 105 cm³/mol. The first kappa shape index (κ1) is 17.2. The van der Waals surface area contributed by atoms with Gasteiger partial charge in [-0.3, -0.25) is 9.78 Å². The highest BCUT2D eigenvalue weighted by Crippen LogP contribution is 2.36. The Morgan fingerprint density at radius 3 is 2.85 bits per heavy atom. The Morgan fingerprint density at radius 2 is 2.08 bits per heavy atom. The Labute approximate surface area is 161 Å². The van der Waals surface area contributed by atoms with E-state index in [2.05, 4.69) is 9.97 Å². The molecule has 4 nitrogen and oxygen atoms in total. The molecule has 4 rings (SSSR count). The summed E-state index contributed by atoms with van der Waals surface area (Å²) >= 11 is 7.53. The van der Waals surface area contributed by atoms with E-state index in [0.717, 1.165) is 41.2 Å². The molecule has 0 saturated carbocycles. The van der Waals surface area contributed by atoms with Crippen LogP contribution in [0.3, 0.4) is 0 Å². The molecule has 0 aliphatic carbocycles. The van der Waals surface area contributed by atoms with Crippen molar-refractivity contribution in [3.05, 3.63) is 69.9 Å². The summed E-state index contributed by atoms with van der Waals surface area (Å²) in [6.45, 7) is 2.67. The smallest absolute Gasteiger partial charge is 0.266 e. The Kier molecular flexibility index (Phi) is 4.74. The van der Waals surface area contributed by atoms with Gasteiger partial charge in [-0.1, -0.05) is 23.7 Å². The van der Waals surface area contributed by atoms with Crippen molar-refractivity contribution in [2.45, 2.75) is 25.8 Å². The van der Waals surface area contributed by atoms with Gasteiger partial charge in [0.1, 0.15) is 9.88 Å². The van der Waals surface area contributed by atoms with E-state index in [4.69, 9.17) is 11.6 Å². The minimum absolute atomic E-state index is 0.0626. The first-order valence-corrected chi connectivity index (χ1v) is 9.77. The van der Waals surface area contributed by atoms with E-state index in [0.29, 0.717) is 9.90 Å². The van der Waals surface area contributed by atoms with Crippen molar-refractivity contribution in [1.82, 2.24) is 14.9 Å². The highest BCUT2D eigenvalue weighted by atomic mass is 35.5. The zero-order valence-corrected chi connectivity index (χ0v) is 15.9. The molecular formula is C20H18ClN3OS. The van der Waals surface area contributed by atoms with Gasteiger partial charge < -0.3 is 4.90 Å². The maximum Gasteiger partial charge on any atom is 0.266 e. The Bertz CT molecular complexity index is 941. The molecule has 26 heavy (non-hydrogen) atoms. The van der Waals surface area contributed by atoms with Crippen LogP contribution in [0.5, 0.6) is 0 Å². The number of thiazole rings is 1. The fourth-order valence-corrected chi connectivity index (χ4v) is 4.62. The highest BCUT2D eigenvalue weighted by Gasteiger charge is 2.32. The number of carbonyl (C=O) groups excluding carboxylic acids is 1. The summed E-state index contributed by atoms with van der Waals surface area (Å²) in [5.74, 6) is 0.0626. The van der Waals surface area contributed by atoms with Crippen LogP contribution in [0.2, 0.25) is 5.02 Å². The van der Waals surface area contributed by atoms with Crippen molar-refractivity contribution in [2.24, 2.45) is 0 Å². The third-order valence-electron chi connectivity index (χ3n) is 4.67. The van der Waals surface area contributed by atoms with E-state index in [-0.39, 0.29) is 11.9 Å². The first-order valence-electron chi connectivity index (χ1n) is 8.58. The molecule has 2 aromatic heterocycles. The molecule has 1 unspecified atom stereocenters. The molecule has 1 fully saturated rings. The van der Waals surface area contributed by atoms with Gasteiger partial charge in [-0.05, 0) is 49.6 Å². The second kappa shape index (κ2) is 7.17. The van der Waals surface area contributed by atoms with Gasteiger partial charge in [-0.25, -0.2) is 4.98 Å². The van der Waals surface area contributed by atoms with Gasteiger partial charge in [0.15, 0.2) is 0 Å². The van der Waals surface area contributed by atoms with Crippen LogP contribution >= 0.6 is 22.9 Å². The Balaban J connectivity index is 1.64. The van der Waals surface area contributed by atoms with E-state index in [1.807, 2.05) is 48.2 Å². The van der Waals surface area contributed by atoms with E-state index in [1.54, 1.807) is 12.4 Å². The second-order valence-corrected chi connectivity index (χ2v) is 7.82. The number of halogens is 1.